The lowest BCUT2D eigenvalue weighted by Gasteiger charge is -2.20. The SMILES string of the molecule is CCCC(CCC)Nc1cc([N+](=O)[O-])c(C)cc1Br. The van der Waals surface area contributed by atoms with Crippen LogP contribution in [0.15, 0.2) is 16.6 Å². The molecule has 4 nitrogen and oxygen atoms in total. The van der Waals surface area contributed by atoms with Crippen molar-refractivity contribution in [3.8, 4) is 0 Å². The summed E-state index contributed by atoms with van der Waals surface area (Å²) >= 11 is 3.48. The molecule has 106 valence electrons. The van der Waals surface area contributed by atoms with Gasteiger partial charge < -0.3 is 5.32 Å². The molecule has 0 aliphatic carbocycles. The van der Waals surface area contributed by atoms with Gasteiger partial charge in [-0.3, -0.25) is 10.1 Å². The van der Waals surface area contributed by atoms with Gasteiger partial charge in [-0.1, -0.05) is 26.7 Å². The van der Waals surface area contributed by atoms with Crippen molar-refractivity contribution in [2.45, 2.75) is 52.5 Å². The van der Waals surface area contributed by atoms with E-state index >= 15 is 0 Å². The molecule has 5 heteroatoms. The first-order chi connectivity index (χ1) is 8.99. The molecule has 0 aliphatic heterocycles. The van der Waals surface area contributed by atoms with Crippen LogP contribution >= 0.6 is 15.9 Å². The van der Waals surface area contributed by atoms with Gasteiger partial charge in [0.15, 0.2) is 0 Å². The second-order valence-corrected chi connectivity index (χ2v) is 5.65. The number of hydrogen-bond acceptors (Lipinski definition) is 3. The Morgan fingerprint density at radius 1 is 1.32 bits per heavy atom. The number of anilines is 1. The largest absolute Gasteiger partial charge is 0.381 e. The number of rotatable bonds is 7. The Balaban J connectivity index is 2.98. The number of halogens is 1. The van der Waals surface area contributed by atoms with E-state index in [9.17, 15) is 10.1 Å². The molecule has 0 aromatic heterocycles. The third-order valence-corrected chi connectivity index (χ3v) is 3.77. The van der Waals surface area contributed by atoms with Crippen molar-refractivity contribution >= 4 is 27.3 Å². The summed E-state index contributed by atoms with van der Waals surface area (Å²) in [5.74, 6) is 0. The van der Waals surface area contributed by atoms with Crippen molar-refractivity contribution in [1.29, 1.82) is 0 Å². The van der Waals surface area contributed by atoms with Crippen molar-refractivity contribution in [3.05, 3.63) is 32.3 Å². The average molecular weight is 329 g/mol. The van der Waals surface area contributed by atoms with Crippen LogP contribution in [-0.4, -0.2) is 11.0 Å². The molecular formula is C14H21BrN2O2. The summed E-state index contributed by atoms with van der Waals surface area (Å²) < 4.78 is 0.882. The number of hydrogen-bond donors (Lipinski definition) is 1. The molecule has 0 spiro atoms. The van der Waals surface area contributed by atoms with Crippen LogP contribution in [0, 0.1) is 17.0 Å². The fourth-order valence-electron chi connectivity index (χ4n) is 2.17. The zero-order chi connectivity index (χ0) is 14.4. The molecule has 0 bridgehead atoms. The van der Waals surface area contributed by atoms with Crippen LogP contribution in [0.25, 0.3) is 0 Å². The first-order valence-electron chi connectivity index (χ1n) is 6.70. The van der Waals surface area contributed by atoms with Crippen LogP contribution in [0.4, 0.5) is 11.4 Å². The van der Waals surface area contributed by atoms with E-state index < -0.39 is 0 Å². The number of nitrogens with one attached hydrogen (secondary N) is 1. The molecule has 0 saturated carbocycles. The third kappa shape index (κ3) is 4.49. The van der Waals surface area contributed by atoms with Gasteiger partial charge >= 0.3 is 0 Å². The van der Waals surface area contributed by atoms with Crippen LogP contribution < -0.4 is 5.32 Å². The molecule has 1 aromatic carbocycles. The molecule has 1 aromatic rings. The topological polar surface area (TPSA) is 55.2 Å². The number of nitrogens with zero attached hydrogens (tertiary/aromatic N) is 1. The molecule has 19 heavy (non-hydrogen) atoms. The van der Waals surface area contributed by atoms with Gasteiger partial charge in [-0.15, -0.1) is 0 Å². The maximum Gasteiger partial charge on any atom is 0.274 e. The van der Waals surface area contributed by atoms with Crippen LogP contribution in [0.3, 0.4) is 0 Å². The molecule has 0 amide bonds. The van der Waals surface area contributed by atoms with Crippen molar-refractivity contribution in [1.82, 2.24) is 0 Å². The van der Waals surface area contributed by atoms with Crippen LogP contribution in [0.1, 0.15) is 45.1 Å². The number of benzene rings is 1. The smallest absolute Gasteiger partial charge is 0.274 e. The summed E-state index contributed by atoms with van der Waals surface area (Å²) in [5.41, 5.74) is 1.65. The predicted octanol–water partition coefficient (Wildman–Crippen LogP) is 5.05. The minimum atomic E-state index is -0.332. The summed E-state index contributed by atoms with van der Waals surface area (Å²) in [6.45, 7) is 6.05. The quantitative estimate of drug-likeness (QED) is 0.563. The molecule has 0 unspecified atom stereocenters. The molecule has 0 fully saturated rings. The second-order valence-electron chi connectivity index (χ2n) is 4.79. The monoisotopic (exact) mass is 328 g/mol. The summed E-state index contributed by atoms with van der Waals surface area (Å²) in [6.07, 6.45) is 4.34. The highest BCUT2D eigenvalue weighted by atomic mass is 79.9. The fourth-order valence-corrected chi connectivity index (χ4v) is 2.75. The second kappa shape index (κ2) is 7.48. The maximum atomic E-state index is 11.0. The minimum Gasteiger partial charge on any atom is -0.381 e. The van der Waals surface area contributed by atoms with Crippen LogP contribution in [-0.2, 0) is 0 Å². The van der Waals surface area contributed by atoms with E-state index in [1.807, 2.05) is 0 Å². The molecule has 0 heterocycles. The summed E-state index contributed by atoms with van der Waals surface area (Å²) in [7, 11) is 0. The van der Waals surface area contributed by atoms with E-state index in [-0.39, 0.29) is 10.6 Å². The zero-order valence-corrected chi connectivity index (χ0v) is 13.3. The number of nitro groups is 1. The van der Waals surface area contributed by atoms with E-state index in [1.165, 1.54) is 0 Å². The molecule has 0 atom stereocenters. The van der Waals surface area contributed by atoms with Crippen LogP contribution in [0.2, 0.25) is 0 Å². The van der Waals surface area contributed by atoms with Crippen molar-refractivity contribution in [2.75, 3.05) is 5.32 Å². The van der Waals surface area contributed by atoms with Gasteiger partial charge in [-0.05, 0) is 41.8 Å². The summed E-state index contributed by atoms with van der Waals surface area (Å²) in [4.78, 5) is 10.7. The van der Waals surface area contributed by atoms with Crippen molar-refractivity contribution in [3.63, 3.8) is 0 Å². The Hall–Kier alpha value is -1.10. The molecule has 1 rings (SSSR count). The van der Waals surface area contributed by atoms with Gasteiger partial charge in [-0.25, -0.2) is 0 Å². The Bertz CT molecular complexity index is 443. The van der Waals surface area contributed by atoms with E-state index in [2.05, 4.69) is 35.1 Å². The summed E-state index contributed by atoms with van der Waals surface area (Å²) in [6, 6.07) is 3.79. The first kappa shape index (κ1) is 16.0. The highest BCUT2D eigenvalue weighted by molar-refractivity contribution is 9.10. The van der Waals surface area contributed by atoms with Gasteiger partial charge in [0.2, 0.25) is 0 Å². The highest BCUT2D eigenvalue weighted by Gasteiger charge is 2.16. The Morgan fingerprint density at radius 2 is 1.89 bits per heavy atom. The van der Waals surface area contributed by atoms with Gasteiger partial charge in [0.25, 0.3) is 5.69 Å². The lowest BCUT2D eigenvalue weighted by atomic mass is 10.1. The predicted molar refractivity (Wildman–Crippen MR) is 82.8 cm³/mol. The number of nitro benzene ring substituents is 1. The molecule has 0 radical (unpaired) electrons. The zero-order valence-electron chi connectivity index (χ0n) is 11.7. The van der Waals surface area contributed by atoms with E-state index in [1.54, 1.807) is 19.1 Å². The van der Waals surface area contributed by atoms with E-state index in [0.29, 0.717) is 11.6 Å². The van der Waals surface area contributed by atoms with Crippen molar-refractivity contribution < 1.29 is 4.92 Å². The van der Waals surface area contributed by atoms with Crippen LogP contribution in [0.5, 0.6) is 0 Å². The Labute approximate surface area is 122 Å². The summed E-state index contributed by atoms with van der Waals surface area (Å²) in [5, 5.41) is 14.4. The number of aryl methyl sites for hydroxylation is 1. The lowest BCUT2D eigenvalue weighted by molar-refractivity contribution is -0.385. The normalized spacial score (nSPS) is 10.8. The van der Waals surface area contributed by atoms with Gasteiger partial charge in [0.05, 0.1) is 10.6 Å². The Morgan fingerprint density at radius 3 is 2.37 bits per heavy atom. The van der Waals surface area contributed by atoms with Crippen molar-refractivity contribution in [2.24, 2.45) is 0 Å². The fraction of sp³-hybridized carbons (Fsp3) is 0.571. The third-order valence-electron chi connectivity index (χ3n) is 3.12. The lowest BCUT2D eigenvalue weighted by Crippen LogP contribution is -2.19. The molecule has 0 saturated heterocycles. The highest BCUT2D eigenvalue weighted by Crippen LogP contribution is 2.31. The molecular weight excluding hydrogens is 308 g/mol. The van der Waals surface area contributed by atoms with E-state index in [4.69, 9.17) is 0 Å². The molecule has 1 N–H and O–H groups in total. The van der Waals surface area contributed by atoms with Gasteiger partial charge in [-0.2, -0.15) is 0 Å². The van der Waals surface area contributed by atoms with Gasteiger partial charge in [0, 0.05) is 22.1 Å². The minimum absolute atomic E-state index is 0.164. The Kier molecular flexibility index (Phi) is 6.28. The van der Waals surface area contributed by atoms with Gasteiger partial charge in [0.1, 0.15) is 0 Å². The molecule has 0 aliphatic rings. The average Bonchev–Trinajstić information content (AvgIpc) is 2.32. The standard InChI is InChI=1S/C14H21BrN2O2/c1-4-6-11(7-5-2)16-13-9-14(17(18)19)10(3)8-12(13)15/h8-9,11,16H,4-7H2,1-3H3. The van der Waals surface area contributed by atoms with E-state index in [0.717, 1.165) is 35.8 Å². The first-order valence-corrected chi connectivity index (χ1v) is 7.49. The maximum absolute atomic E-state index is 11.0.